The highest BCUT2D eigenvalue weighted by atomic mass is 16.3. The Bertz CT molecular complexity index is 620. The van der Waals surface area contributed by atoms with Crippen LogP contribution < -0.4 is 5.32 Å². The van der Waals surface area contributed by atoms with Gasteiger partial charge in [0.05, 0.1) is 25.0 Å². The Morgan fingerprint density at radius 2 is 2.17 bits per heavy atom. The van der Waals surface area contributed by atoms with Crippen LogP contribution in [0.4, 0.5) is 0 Å². The number of pyridine rings is 1. The van der Waals surface area contributed by atoms with Crippen molar-refractivity contribution in [1.82, 2.24) is 15.2 Å². The highest BCUT2D eigenvalue weighted by molar-refractivity contribution is 5.77. The molecule has 1 saturated heterocycles. The van der Waals surface area contributed by atoms with Gasteiger partial charge in [-0.3, -0.25) is 14.7 Å². The zero-order valence-corrected chi connectivity index (χ0v) is 12.9. The Hall–Kier alpha value is -2.18. The van der Waals surface area contributed by atoms with Crippen molar-refractivity contribution in [1.29, 1.82) is 0 Å². The first-order chi connectivity index (χ1) is 11.2. The van der Waals surface area contributed by atoms with E-state index >= 15 is 0 Å². The Morgan fingerprint density at radius 1 is 1.35 bits per heavy atom. The third-order valence-electron chi connectivity index (χ3n) is 4.29. The van der Waals surface area contributed by atoms with Crippen LogP contribution >= 0.6 is 0 Å². The second kappa shape index (κ2) is 6.93. The van der Waals surface area contributed by atoms with Crippen molar-refractivity contribution >= 4 is 5.91 Å². The molecule has 1 aliphatic rings. The van der Waals surface area contributed by atoms with Gasteiger partial charge in [-0.15, -0.1) is 0 Å². The second-order valence-electron chi connectivity index (χ2n) is 5.91. The maximum absolute atomic E-state index is 12.0. The van der Waals surface area contributed by atoms with E-state index in [4.69, 9.17) is 4.42 Å². The third kappa shape index (κ3) is 3.97. The summed E-state index contributed by atoms with van der Waals surface area (Å²) in [6.07, 6.45) is 6.21. The molecule has 0 radical (unpaired) electrons. The van der Waals surface area contributed by atoms with Gasteiger partial charge in [-0.25, -0.2) is 0 Å². The number of hydrogen-bond acceptors (Lipinski definition) is 5. The average molecular weight is 315 g/mol. The van der Waals surface area contributed by atoms with E-state index in [-0.39, 0.29) is 5.91 Å². The van der Waals surface area contributed by atoms with Crippen LogP contribution in [-0.2, 0) is 16.9 Å². The molecular weight excluding hydrogens is 294 g/mol. The van der Waals surface area contributed by atoms with E-state index in [0.717, 1.165) is 11.3 Å². The molecule has 1 fully saturated rings. The monoisotopic (exact) mass is 315 g/mol. The first-order valence-corrected chi connectivity index (χ1v) is 7.80. The number of carbonyl (C=O) groups excluding carboxylic acids is 1. The summed E-state index contributed by atoms with van der Waals surface area (Å²) in [7, 11) is 0. The van der Waals surface area contributed by atoms with Gasteiger partial charge in [0.15, 0.2) is 0 Å². The number of nitrogens with zero attached hydrogens (tertiary/aromatic N) is 2. The predicted molar refractivity (Wildman–Crippen MR) is 84.4 cm³/mol. The second-order valence-corrected chi connectivity index (χ2v) is 5.91. The molecule has 0 bridgehead atoms. The van der Waals surface area contributed by atoms with Gasteiger partial charge in [0.2, 0.25) is 5.91 Å². The van der Waals surface area contributed by atoms with E-state index in [1.807, 2.05) is 18.2 Å². The molecule has 6 heteroatoms. The van der Waals surface area contributed by atoms with Crippen molar-refractivity contribution < 1.29 is 14.3 Å². The number of hydrogen-bond donors (Lipinski definition) is 2. The van der Waals surface area contributed by atoms with Crippen molar-refractivity contribution in [2.45, 2.75) is 25.0 Å². The van der Waals surface area contributed by atoms with E-state index < -0.39 is 5.60 Å². The fraction of sp³-hybridized carbons (Fsp3) is 0.412. The van der Waals surface area contributed by atoms with E-state index in [9.17, 15) is 9.90 Å². The molecule has 2 N–H and O–H groups in total. The smallest absolute Gasteiger partial charge is 0.234 e. The van der Waals surface area contributed by atoms with Crippen molar-refractivity contribution in [2.24, 2.45) is 0 Å². The SMILES string of the molecule is O=C(CN1CCC(O)(c2cccnc2)CC1)NCc1ccco1. The molecule has 0 aliphatic carbocycles. The summed E-state index contributed by atoms with van der Waals surface area (Å²) < 4.78 is 5.18. The minimum atomic E-state index is -0.838. The Kier molecular flexibility index (Phi) is 4.73. The molecule has 6 nitrogen and oxygen atoms in total. The zero-order chi connectivity index (χ0) is 16.1. The number of aliphatic hydroxyl groups is 1. The number of aromatic nitrogens is 1. The normalized spacial score (nSPS) is 17.8. The van der Waals surface area contributed by atoms with Crippen LogP contribution in [0.3, 0.4) is 0 Å². The van der Waals surface area contributed by atoms with Crippen molar-refractivity contribution in [3.05, 3.63) is 54.2 Å². The standard InChI is InChI=1S/C17H21N3O3/c21-16(19-12-15-4-2-10-23-15)13-20-8-5-17(22,6-9-20)14-3-1-7-18-11-14/h1-4,7,10-11,22H,5-6,8-9,12-13H2,(H,19,21). The van der Waals surface area contributed by atoms with Crippen LogP contribution in [0.15, 0.2) is 47.3 Å². The van der Waals surface area contributed by atoms with Crippen LogP contribution in [0.2, 0.25) is 0 Å². The topological polar surface area (TPSA) is 78.6 Å². The van der Waals surface area contributed by atoms with E-state index in [1.54, 1.807) is 24.7 Å². The summed E-state index contributed by atoms with van der Waals surface area (Å²) in [6, 6.07) is 7.36. The number of amides is 1. The summed E-state index contributed by atoms with van der Waals surface area (Å²) in [5, 5.41) is 13.6. The molecule has 1 aliphatic heterocycles. The van der Waals surface area contributed by atoms with Gasteiger partial charge in [0, 0.05) is 31.0 Å². The molecule has 1 amide bonds. The number of nitrogens with one attached hydrogen (secondary N) is 1. The molecular formula is C17H21N3O3. The van der Waals surface area contributed by atoms with E-state index in [0.29, 0.717) is 39.0 Å². The lowest BCUT2D eigenvalue weighted by Gasteiger charge is -2.38. The Morgan fingerprint density at radius 3 is 2.83 bits per heavy atom. The Labute approximate surface area is 135 Å². The largest absolute Gasteiger partial charge is 0.467 e. The first-order valence-electron chi connectivity index (χ1n) is 7.80. The maximum Gasteiger partial charge on any atom is 0.234 e. The van der Waals surface area contributed by atoms with Crippen LogP contribution in [-0.4, -0.2) is 40.5 Å². The number of piperidine rings is 1. The molecule has 3 heterocycles. The lowest BCUT2D eigenvalue weighted by atomic mass is 9.85. The summed E-state index contributed by atoms with van der Waals surface area (Å²) >= 11 is 0. The van der Waals surface area contributed by atoms with Gasteiger partial charge in [-0.1, -0.05) is 6.07 Å². The van der Waals surface area contributed by atoms with Crippen molar-refractivity contribution in [3.63, 3.8) is 0 Å². The highest BCUT2D eigenvalue weighted by Gasteiger charge is 2.34. The first kappa shape index (κ1) is 15.7. The highest BCUT2D eigenvalue weighted by Crippen LogP contribution is 2.31. The molecule has 0 saturated carbocycles. The van der Waals surface area contributed by atoms with Crippen molar-refractivity contribution in [3.8, 4) is 0 Å². The molecule has 0 aromatic carbocycles. The van der Waals surface area contributed by atoms with Gasteiger partial charge in [-0.2, -0.15) is 0 Å². The lowest BCUT2D eigenvalue weighted by Crippen LogP contribution is -2.46. The van der Waals surface area contributed by atoms with Crippen LogP contribution in [0, 0.1) is 0 Å². The average Bonchev–Trinajstić information content (AvgIpc) is 3.10. The van der Waals surface area contributed by atoms with Gasteiger partial charge in [0.25, 0.3) is 0 Å². The van der Waals surface area contributed by atoms with Crippen LogP contribution in [0.1, 0.15) is 24.2 Å². The summed E-state index contributed by atoms with van der Waals surface area (Å²) in [4.78, 5) is 18.1. The fourth-order valence-corrected chi connectivity index (χ4v) is 2.87. The minimum absolute atomic E-state index is 0.0341. The third-order valence-corrected chi connectivity index (χ3v) is 4.29. The number of likely N-dealkylation sites (tertiary alicyclic amines) is 1. The maximum atomic E-state index is 12.0. The van der Waals surface area contributed by atoms with E-state index in [2.05, 4.69) is 15.2 Å². The molecule has 2 aromatic heterocycles. The zero-order valence-electron chi connectivity index (χ0n) is 12.9. The van der Waals surface area contributed by atoms with Gasteiger partial charge >= 0.3 is 0 Å². The van der Waals surface area contributed by atoms with Crippen LogP contribution in [0.25, 0.3) is 0 Å². The quantitative estimate of drug-likeness (QED) is 0.869. The predicted octanol–water partition coefficient (Wildman–Crippen LogP) is 1.27. The molecule has 2 aromatic rings. The summed E-state index contributed by atoms with van der Waals surface area (Å²) in [5.74, 6) is 0.705. The molecule has 0 unspecified atom stereocenters. The molecule has 3 rings (SSSR count). The minimum Gasteiger partial charge on any atom is -0.467 e. The molecule has 0 atom stereocenters. The van der Waals surface area contributed by atoms with Crippen LogP contribution in [0.5, 0.6) is 0 Å². The van der Waals surface area contributed by atoms with E-state index in [1.165, 1.54) is 0 Å². The van der Waals surface area contributed by atoms with Crippen molar-refractivity contribution in [2.75, 3.05) is 19.6 Å². The lowest BCUT2D eigenvalue weighted by molar-refractivity contribution is -0.123. The number of rotatable bonds is 5. The number of carbonyl (C=O) groups is 1. The fourth-order valence-electron chi connectivity index (χ4n) is 2.87. The summed E-state index contributed by atoms with van der Waals surface area (Å²) in [5.41, 5.74) is 0.0111. The molecule has 23 heavy (non-hydrogen) atoms. The van der Waals surface area contributed by atoms with Gasteiger partial charge < -0.3 is 14.8 Å². The van der Waals surface area contributed by atoms with Gasteiger partial charge in [-0.05, 0) is 31.0 Å². The Balaban J connectivity index is 1.46. The molecule has 0 spiro atoms. The van der Waals surface area contributed by atoms with Gasteiger partial charge in [0.1, 0.15) is 5.76 Å². The summed E-state index contributed by atoms with van der Waals surface area (Å²) in [6.45, 7) is 2.10. The molecule has 122 valence electrons. The number of furan rings is 1.